The van der Waals surface area contributed by atoms with E-state index in [-0.39, 0.29) is 6.04 Å². The summed E-state index contributed by atoms with van der Waals surface area (Å²) in [6, 6.07) is 11.2. The van der Waals surface area contributed by atoms with Crippen LogP contribution in [0.4, 0.5) is 0 Å². The Morgan fingerprint density at radius 1 is 1.05 bits per heavy atom. The molecule has 1 saturated heterocycles. The molecular formula is C15H17N3O. The molecule has 4 heteroatoms. The van der Waals surface area contributed by atoms with E-state index in [9.17, 15) is 5.11 Å². The predicted molar refractivity (Wildman–Crippen MR) is 72.5 cm³/mol. The van der Waals surface area contributed by atoms with Crippen molar-refractivity contribution in [1.82, 2.24) is 15.3 Å². The Balaban J connectivity index is 2.10. The summed E-state index contributed by atoms with van der Waals surface area (Å²) in [5.74, 6) is 0. The fourth-order valence-electron chi connectivity index (χ4n) is 2.71. The Morgan fingerprint density at radius 2 is 1.68 bits per heavy atom. The third kappa shape index (κ3) is 2.13. The van der Waals surface area contributed by atoms with Crippen molar-refractivity contribution in [2.24, 2.45) is 0 Å². The summed E-state index contributed by atoms with van der Waals surface area (Å²) in [6.45, 7) is 0.923. The monoisotopic (exact) mass is 255 g/mol. The van der Waals surface area contributed by atoms with Crippen LogP contribution in [0.25, 0.3) is 0 Å². The summed E-state index contributed by atoms with van der Waals surface area (Å²) >= 11 is 0. The van der Waals surface area contributed by atoms with E-state index < -0.39 is 5.60 Å². The number of aromatic nitrogens is 2. The molecule has 0 aromatic carbocycles. The van der Waals surface area contributed by atoms with Gasteiger partial charge in [0.05, 0.1) is 11.4 Å². The highest BCUT2D eigenvalue weighted by atomic mass is 16.3. The van der Waals surface area contributed by atoms with E-state index in [1.54, 1.807) is 12.4 Å². The average molecular weight is 255 g/mol. The van der Waals surface area contributed by atoms with Crippen molar-refractivity contribution in [3.05, 3.63) is 60.2 Å². The van der Waals surface area contributed by atoms with Crippen LogP contribution in [0.2, 0.25) is 0 Å². The largest absolute Gasteiger partial charge is 0.375 e. The first-order chi connectivity index (χ1) is 9.32. The molecule has 98 valence electrons. The molecule has 1 atom stereocenters. The molecule has 1 aliphatic rings. The molecular weight excluding hydrogens is 238 g/mol. The lowest BCUT2D eigenvalue weighted by molar-refractivity contribution is 0.0358. The quantitative estimate of drug-likeness (QED) is 0.872. The maximum Gasteiger partial charge on any atom is 0.163 e. The first kappa shape index (κ1) is 12.3. The molecule has 0 aliphatic carbocycles. The van der Waals surface area contributed by atoms with Gasteiger partial charge in [0.1, 0.15) is 0 Å². The molecule has 2 aromatic rings. The topological polar surface area (TPSA) is 58.0 Å². The van der Waals surface area contributed by atoms with Gasteiger partial charge in [0.25, 0.3) is 0 Å². The third-order valence-corrected chi connectivity index (χ3v) is 3.68. The molecule has 3 heterocycles. The summed E-state index contributed by atoms with van der Waals surface area (Å²) < 4.78 is 0. The summed E-state index contributed by atoms with van der Waals surface area (Å²) in [4.78, 5) is 8.68. The van der Waals surface area contributed by atoms with E-state index >= 15 is 0 Å². The Labute approximate surface area is 112 Å². The van der Waals surface area contributed by atoms with E-state index in [4.69, 9.17) is 0 Å². The van der Waals surface area contributed by atoms with E-state index in [0.29, 0.717) is 11.4 Å². The molecule has 1 aliphatic heterocycles. The zero-order valence-electron chi connectivity index (χ0n) is 10.7. The van der Waals surface area contributed by atoms with Gasteiger partial charge in [-0.15, -0.1) is 0 Å². The molecule has 0 unspecified atom stereocenters. The van der Waals surface area contributed by atoms with Gasteiger partial charge >= 0.3 is 0 Å². The Kier molecular flexibility index (Phi) is 3.27. The van der Waals surface area contributed by atoms with Gasteiger partial charge in [0.2, 0.25) is 0 Å². The van der Waals surface area contributed by atoms with Gasteiger partial charge in [0, 0.05) is 18.4 Å². The SMILES string of the molecule is OC(c1ccccn1)(c1ccccn1)[C@@H]1CCCN1. The van der Waals surface area contributed by atoms with Crippen LogP contribution in [0.1, 0.15) is 24.2 Å². The maximum atomic E-state index is 11.3. The molecule has 0 radical (unpaired) electrons. The van der Waals surface area contributed by atoms with Gasteiger partial charge in [-0.05, 0) is 43.7 Å². The lowest BCUT2D eigenvalue weighted by Crippen LogP contribution is -2.47. The number of hydrogen-bond donors (Lipinski definition) is 2. The summed E-state index contributed by atoms with van der Waals surface area (Å²) in [5.41, 5.74) is 0.125. The van der Waals surface area contributed by atoms with Crippen molar-refractivity contribution in [3.63, 3.8) is 0 Å². The minimum Gasteiger partial charge on any atom is -0.375 e. The fourth-order valence-corrected chi connectivity index (χ4v) is 2.71. The van der Waals surface area contributed by atoms with Crippen LogP contribution in [-0.2, 0) is 5.60 Å². The first-order valence-corrected chi connectivity index (χ1v) is 6.60. The highest BCUT2D eigenvalue weighted by molar-refractivity contribution is 5.30. The molecule has 0 spiro atoms. The van der Waals surface area contributed by atoms with Crippen LogP contribution < -0.4 is 5.32 Å². The Hall–Kier alpha value is -1.78. The van der Waals surface area contributed by atoms with Crippen LogP contribution in [0.15, 0.2) is 48.8 Å². The van der Waals surface area contributed by atoms with Gasteiger partial charge in [-0.1, -0.05) is 12.1 Å². The second kappa shape index (κ2) is 5.07. The average Bonchev–Trinajstić information content (AvgIpc) is 3.03. The van der Waals surface area contributed by atoms with E-state index in [0.717, 1.165) is 19.4 Å². The van der Waals surface area contributed by atoms with Crippen molar-refractivity contribution in [2.45, 2.75) is 24.5 Å². The molecule has 2 N–H and O–H groups in total. The Morgan fingerprint density at radius 3 is 2.11 bits per heavy atom. The molecule has 19 heavy (non-hydrogen) atoms. The first-order valence-electron chi connectivity index (χ1n) is 6.60. The lowest BCUT2D eigenvalue weighted by atomic mass is 9.85. The number of hydrogen-bond acceptors (Lipinski definition) is 4. The van der Waals surface area contributed by atoms with Crippen molar-refractivity contribution in [1.29, 1.82) is 0 Å². The molecule has 0 saturated carbocycles. The highest BCUT2D eigenvalue weighted by Gasteiger charge is 2.43. The normalized spacial score (nSPS) is 19.5. The standard InChI is InChI=1S/C15H17N3O/c19-15(14-8-5-11-18-14,12-6-1-3-9-16-12)13-7-2-4-10-17-13/h1-4,6-7,9-10,14,18-19H,5,8,11H2/t14-/m0/s1. The maximum absolute atomic E-state index is 11.3. The van der Waals surface area contributed by atoms with Crippen LogP contribution in [0.5, 0.6) is 0 Å². The van der Waals surface area contributed by atoms with Crippen molar-refractivity contribution < 1.29 is 5.11 Å². The predicted octanol–water partition coefficient (Wildman–Crippen LogP) is 1.46. The van der Waals surface area contributed by atoms with Gasteiger partial charge in [-0.2, -0.15) is 0 Å². The molecule has 0 amide bonds. The zero-order chi connectivity index (χ0) is 13.1. The molecule has 0 bridgehead atoms. The number of pyridine rings is 2. The summed E-state index contributed by atoms with van der Waals surface area (Å²) in [7, 11) is 0. The summed E-state index contributed by atoms with van der Waals surface area (Å²) in [5, 5.41) is 14.6. The third-order valence-electron chi connectivity index (χ3n) is 3.68. The minimum atomic E-state index is -1.17. The van der Waals surface area contributed by atoms with Crippen molar-refractivity contribution >= 4 is 0 Å². The smallest absolute Gasteiger partial charge is 0.163 e. The van der Waals surface area contributed by atoms with E-state index in [1.807, 2.05) is 36.4 Å². The number of nitrogens with one attached hydrogen (secondary N) is 1. The molecule has 3 rings (SSSR count). The molecule has 2 aromatic heterocycles. The lowest BCUT2D eigenvalue weighted by Gasteiger charge is -2.33. The molecule has 1 fully saturated rings. The fraction of sp³-hybridized carbons (Fsp3) is 0.333. The van der Waals surface area contributed by atoms with Gasteiger partial charge < -0.3 is 10.4 Å². The summed E-state index contributed by atoms with van der Waals surface area (Å²) in [6.07, 6.45) is 5.40. The van der Waals surface area contributed by atoms with Crippen LogP contribution in [0.3, 0.4) is 0 Å². The van der Waals surface area contributed by atoms with Crippen molar-refractivity contribution in [2.75, 3.05) is 6.54 Å². The second-order valence-corrected chi connectivity index (χ2v) is 4.85. The van der Waals surface area contributed by atoms with Gasteiger partial charge in [-0.25, -0.2) is 0 Å². The van der Waals surface area contributed by atoms with Gasteiger partial charge in [0.15, 0.2) is 5.60 Å². The number of rotatable bonds is 3. The van der Waals surface area contributed by atoms with Crippen molar-refractivity contribution in [3.8, 4) is 0 Å². The van der Waals surface area contributed by atoms with Crippen LogP contribution in [0, 0.1) is 0 Å². The van der Waals surface area contributed by atoms with Gasteiger partial charge in [-0.3, -0.25) is 9.97 Å². The second-order valence-electron chi connectivity index (χ2n) is 4.85. The van der Waals surface area contributed by atoms with E-state index in [2.05, 4.69) is 15.3 Å². The number of aliphatic hydroxyl groups is 1. The Bertz CT molecular complexity index is 484. The molecule has 4 nitrogen and oxygen atoms in total. The zero-order valence-corrected chi connectivity index (χ0v) is 10.7. The number of nitrogens with zero attached hydrogens (tertiary/aromatic N) is 2. The minimum absolute atomic E-state index is 0.0442. The van der Waals surface area contributed by atoms with E-state index in [1.165, 1.54) is 0 Å². The highest BCUT2D eigenvalue weighted by Crippen LogP contribution is 2.34. The van der Waals surface area contributed by atoms with Crippen LogP contribution >= 0.6 is 0 Å². The van der Waals surface area contributed by atoms with Crippen LogP contribution in [-0.4, -0.2) is 27.7 Å².